The van der Waals surface area contributed by atoms with E-state index in [4.69, 9.17) is 23.2 Å². The van der Waals surface area contributed by atoms with Crippen LogP contribution in [-0.2, 0) is 4.79 Å². The van der Waals surface area contributed by atoms with E-state index in [-0.39, 0.29) is 11.7 Å². The van der Waals surface area contributed by atoms with Gasteiger partial charge in [0.1, 0.15) is 0 Å². The van der Waals surface area contributed by atoms with E-state index in [0.717, 1.165) is 5.56 Å². The number of halogens is 2. The van der Waals surface area contributed by atoms with Crippen LogP contribution in [0.5, 0.6) is 0 Å². The van der Waals surface area contributed by atoms with Crippen molar-refractivity contribution in [3.8, 4) is 0 Å². The van der Waals surface area contributed by atoms with Crippen molar-refractivity contribution in [1.82, 2.24) is 0 Å². The largest absolute Gasteiger partial charge is 0.326 e. The van der Waals surface area contributed by atoms with Gasteiger partial charge in [0.25, 0.3) is 0 Å². The molecule has 3 nitrogen and oxygen atoms in total. The first kappa shape index (κ1) is 16.3. The number of hydrogen-bond donors (Lipinski definition) is 1. The van der Waals surface area contributed by atoms with Gasteiger partial charge in [-0.25, -0.2) is 0 Å². The minimum absolute atomic E-state index is 0.138. The molecule has 0 radical (unpaired) electrons. The number of nitrogens with one attached hydrogen (secondary N) is 1. The summed E-state index contributed by atoms with van der Waals surface area (Å²) in [4.78, 5) is 23.0. The highest BCUT2D eigenvalue weighted by molar-refractivity contribution is 6.42. The van der Waals surface area contributed by atoms with Crippen LogP contribution in [-0.4, -0.2) is 11.7 Å². The minimum atomic E-state index is -0.154. The summed E-state index contributed by atoms with van der Waals surface area (Å²) in [5.41, 5.74) is 1.97. The van der Waals surface area contributed by atoms with Crippen LogP contribution >= 0.6 is 23.2 Å². The Hall–Kier alpha value is -2.10. The molecule has 2 aromatic rings. The van der Waals surface area contributed by atoms with Gasteiger partial charge in [-0.05, 0) is 48.0 Å². The number of benzene rings is 2. The fraction of sp³-hybridized carbons (Fsp3) is 0.0588. The molecule has 0 heterocycles. The van der Waals surface area contributed by atoms with E-state index in [1.807, 2.05) is 0 Å². The van der Waals surface area contributed by atoms with Crippen molar-refractivity contribution in [2.24, 2.45) is 0 Å². The molecule has 1 N–H and O–H groups in total. The summed E-state index contributed by atoms with van der Waals surface area (Å²) >= 11 is 11.8. The van der Waals surface area contributed by atoms with Gasteiger partial charge in [-0.15, -0.1) is 0 Å². The number of rotatable bonds is 4. The van der Waals surface area contributed by atoms with Crippen molar-refractivity contribution < 1.29 is 9.59 Å². The lowest BCUT2D eigenvalue weighted by Gasteiger charge is -2.02. The van der Waals surface area contributed by atoms with Crippen molar-refractivity contribution in [1.29, 1.82) is 0 Å². The standard InChI is InChI=1S/C17H13Cl2NO2/c1-11(21)20-14-6-4-13(5-7-14)17(22)9-3-12-2-8-15(18)16(19)10-12/h2-10H,1H3,(H,20,21)/b9-3+. The van der Waals surface area contributed by atoms with Gasteiger partial charge in [0, 0.05) is 18.2 Å². The van der Waals surface area contributed by atoms with Crippen LogP contribution in [0, 0.1) is 0 Å². The van der Waals surface area contributed by atoms with Crippen LogP contribution < -0.4 is 5.32 Å². The molecule has 0 spiro atoms. The van der Waals surface area contributed by atoms with Crippen molar-refractivity contribution in [2.75, 3.05) is 5.32 Å². The molecule has 2 aromatic carbocycles. The van der Waals surface area contributed by atoms with Gasteiger partial charge >= 0.3 is 0 Å². The molecule has 0 atom stereocenters. The van der Waals surface area contributed by atoms with Crippen LogP contribution in [0.25, 0.3) is 6.08 Å². The molecule has 0 aliphatic rings. The number of amides is 1. The molecule has 112 valence electrons. The highest BCUT2D eigenvalue weighted by Gasteiger charge is 2.03. The van der Waals surface area contributed by atoms with Gasteiger partial charge in [-0.1, -0.05) is 35.3 Å². The van der Waals surface area contributed by atoms with Gasteiger partial charge in [-0.3, -0.25) is 9.59 Å². The molecule has 0 aliphatic heterocycles. The molecular weight excluding hydrogens is 321 g/mol. The fourth-order valence-electron chi connectivity index (χ4n) is 1.81. The molecule has 0 unspecified atom stereocenters. The molecule has 22 heavy (non-hydrogen) atoms. The van der Waals surface area contributed by atoms with E-state index >= 15 is 0 Å². The average Bonchev–Trinajstić information content (AvgIpc) is 2.48. The van der Waals surface area contributed by atoms with E-state index in [1.165, 1.54) is 13.0 Å². The summed E-state index contributed by atoms with van der Waals surface area (Å²) in [6, 6.07) is 11.8. The maximum absolute atomic E-state index is 12.1. The number of carbonyl (C=O) groups is 2. The van der Waals surface area contributed by atoms with Crippen LogP contribution in [0.1, 0.15) is 22.8 Å². The summed E-state index contributed by atoms with van der Waals surface area (Å²) in [5.74, 6) is -0.293. The Morgan fingerprint density at radius 3 is 2.27 bits per heavy atom. The SMILES string of the molecule is CC(=O)Nc1ccc(C(=O)/C=C/c2ccc(Cl)c(Cl)c2)cc1. The van der Waals surface area contributed by atoms with Gasteiger partial charge in [-0.2, -0.15) is 0 Å². The molecule has 0 saturated heterocycles. The van der Waals surface area contributed by atoms with Gasteiger partial charge in [0.05, 0.1) is 10.0 Å². The summed E-state index contributed by atoms with van der Waals surface area (Å²) in [6.45, 7) is 1.43. The first-order valence-corrected chi connectivity index (χ1v) is 7.26. The number of allylic oxidation sites excluding steroid dienone is 1. The minimum Gasteiger partial charge on any atom is -0.326 e. The number of carbonyl (C=O) groups excluding carboxylic acids is 2. The van der Waals surface area contributed by atoms with Crippen LogP contribution in [0.4, 0.5) is 5.69 Å². The summed E-state index contributed by atoms with van der Waals surface area (Å²) < 4.78 is 0. The Bertz CT molecular complexity index is 737. The molecule has 5 heteroatoms. The molecule has 0 aliphatic carbocycles. The quantitative estimate of drug-likeness (QED) is 0.642. The second-order valence-corrected chi connectivity index (χ2v) is 5.44. The van der Waals surface area contributed by atoms with E-state index in [0.29, 0.717) is 21.3 Å². The van der Waals surface area contributed by atoms with Crippen molar-refractivity contribution in [3.63, 3.8) is 0 Å². The van der Waals surface area contributed by atoms with Gasteiger partial charge < -0.3 is 5.32 Å². The summed E-state index contributed by atoms with van der Waals surface area (Å²) in [5, 5.41) is 3.56. The van der Waals surface area contributed by atoms with Gasteiger partial charge in [0.2, 0.25) is 5.91 Å². The number of hydrogen-bond acceptors (Lipinski definition) is 2. The maximum atomic E-state index is 12.1. The highest BCUT2D eigenvalue weighted by Crippen LogP contribution is 2.23. The number of anilines is 1. The zero-order chi connectivity index (χ0) is 16.1. The van der Waals surface area contributed by atoms with Crippen LogP contribution in [0.15, 0.2) is 48.5 Å². The third kappa shape index (κ3) is 4.45. The van der Waals surface area contributed by atoms with Crippen LogP contribution in [0.2, 0.25) is 10.0 Å². The predicted octanol–water partition coefficient (Wildman–Crippen LogP) is 4.85. The van der Waals surface area contributed by atoms with E-state index < -0.39 is 0 Å². The highest BCUT2D eigenvalue weighted by atomic mass is 35.5. The van der Waals surface area contributed by atoms with Crippen molar-refractivity contribution >= 4 is 46.7 Å². The van der Waals surface area contributed by atoms with E-state index in [2.05, 4.69) is 5.32 Å². The molecule has 1 amide bonds. The van der Waals surface area contributed by atoms with E-state index in [1.54, 1.807) is 48.5 Å². The van der Waals surface area contributed by atoms with E-state index in [9.17, 15) is 9.59 Å². The van der Waals surface area contributed by atoms with Crippen LogP contribution in [0.3, 0.4) is 0 Å². The van der Waals surface area contributed by atoms with Crippen molar-refractivity contribution in [3.05, 3.63) is 69.7 Å². The lowest BCUT2D eigenvalue weighted by atomic mass is 10.1. The molecule has 0 saturated carbocycles. The lowest BCUT2D eigenvalue weighted by Crippen LogP contribution is -2.05. The molecule has 2 rings (SSSR count). The monoisotopic (exact) mass is 333 g/mol. The zero-order valence-corrected chi connectivity index (χ0v) is 13.3. The summed E-state index contributed by atoms with van der Waals surface area (Å²) in [6.07, 6.45) is 3.14. The maximum Gasteiger partial charge on any atom is 0.221 e. The topological polar surface area (TPSA) is 46.2 Å². The van der Waals surface area contributed by atoms with Crippen molar-refractivity contribution in [2.45, 2.75) is 6.92 Å². The smallest absolute Gasteiger partial charge is 0.221 e. The Labute approximate surface area is 138 Å². The second-order valence-electron chi connectivity index (χ2n) is 4.63. The predicted molar refractivity (Wildman–Crippen MR) is 90.6 cm³/mol. The Morgan fingerprint density at radius 2 is 1.68 bits per heavy atom. The summed E-state index contributed by atoms with van der Waals surface area (Å²) in [7, 11) is 0. The molecule has 0 fully saturated rings. The first-order chi connectivity index (χ1) is 10.5. The fourth-order valence-corrected chi connectivity index (χ4v) is 2.11. The molecule has 0 bridgehead atoms. The first-order valence-electron chi connectivity index (χ1n) is 6.51. The third-order valence-corrected chi connectivity index (χ3v) is 3.60. The third-order valence-electron chi connectivity index (χ3n) is 2.86. The number of ketones is 1. The second kappa shape index (κ2) is 7.25. The average molecular weight is 334 g/mol. The Balaban J connectivity index is 2.09. The Kier molecular flexibility index (Phi) is 5.36. The van der Waals surface area contributed by atoms with Gasteiger partial charge in [0.15, 0.2) is 5.78 Å². The zero-order valence-electron chi connectivity index (χ0n) is 11.8. The molecule has 0 aromatic heterocycles. The molecular formula is C17H13Cl2NO2. The lowest BCUT2D eigenvalue weighted by molar-refractivity contribution is -0.114. The Morgan fingerprint density at radius 1 is 1.00 bits per heavy atom. The normalized spacial score (nSPS) is 10.7.